The highest BCUT2D eigenvalue weighted by atomic mass is 19.4. The summed E-state index contributed by atoms with van der Waals surface area (Å²) in [5.41, 5.74) is -10.6. The molecular formula is C38H12F6N8. The van der Waals surface area contributed by atoms with E-state index in [1.165, 1.54) is 26.0 Å². The van der Waals surface area contributed by atoms with Gasteiger partial charge >= 0.3 is 12.4 Å². The highest BCUT2D eigenvalue weighted by Gasteiger charge is 2.44. The number of alkyl halides is 6. The first-order valence-electron chi connectivity index (χ1n) is 14.3. The Balaban J connectivity index is 2.32. The van der Waals surface area contributed by atoms with Gasteiger partial charge in [0.25, 0.3) is 11.4 Å². The van der Waals surface area contributed by atoms with Gasteiger partial charge in [0.1, 0.15) is 6.07 Å². The quantitative estimate of drug-likeness (QED) is 0.151. The third-order valence-electron chi connectivity index (χ3n) is 8.19. The molecule has 2 aliphatic carbocycles. The van der Waals surface area contributed by atoms with Gasteiger partial charge in [0.15, 0.2) is 5.70 Å². The van der Waals surface area contributed by atoms with Crippen molar-refractivity contribution in [1.29, 1.82) is 21.0 Å². The summed E-state index contributed by atoms with van der Waals surface area (Å²) in [7, 11) is 0. The zero-order chi connectivity index (χ0) is 38.4. The molecule has 0 radical (unpaired) electrons. The highest BCUT2D eigenvalue weighted by molar-refractivity contribution is 6.22. The molecule has 0 saturated heterocycles. The van der Waals surface area contributed by atoms with Gasteiger partial charge in [0.05, 0.1) is 66.8 Å². The molecule has 0 unspecified atom stereocenters. The lowest BCUT2D eigenvalue weighted by atomic mass is 9.78. The third-order valence-corrected chi connectivity index (χ3v) is 8.19. The first kappa shape index (κ1) is 35.4. The molecule has 5 rings (SSSR count). The number of rotatable bonds is 2. The summed E-state index contributed by atoms with van der Waals surface area (Å²) in [6.45, 7) is 34.2. The van der Waals surface area contributed by atoms with E-state index in [9.17, 15) is 47.4 Å². The van der Waals surface area contributed by atoms with Gasteiger partial charge in [-0.3, -0.25) is 4.85 Å². The molecule has 0 bridgehead atoms. The lowest BCUT2D eigenvalue weighted by molar-refractivity contribution is -0.138. The van der Waals surface area contributed by atoms with Gasteiger partial charge in [-0.25, -0.2) is 25.1 Å². The number of nitrogens with zero attached hydrogens (tertiary/aromatic N) is 8. The molecule has 0 spiro atoms. The van der Waals surface area contributed by atoms with Crippen LogP contribution in [0.1, 0.15) is 44.5 Å². The molecule has 8 nitrogen and oxygen atoms in total. The standard InChI is InChI=1S/C38H12F6N8/c1-17-7-19(11-21(9-17)37(39,40)41)27-30-24(14-46)23(13-45)29(25(15-47)49-3)32(30)28(20-8-18(2)10-22(12-20)38(42,43)44)33-31(26(16-48)50-4)35(51-5)36(52-6)34(27)33/h7-12H,1-2H3/b29-25-,31-26-. The van der Waals surface area contributed by atoms with Gasteiger partial charge in [-0.2, -0.15) is 36.9 Å². The van der Waals surface area contributed by atoms with Crippen LogP contribution in [0.25, 0.3) is 64.1 Å². The van der Waals surface area contributed by atoms with Crippen LogP contribution in [0.5, 0.6) is 0 Å². The molecule has 3 aromatic carbocycles. The van der Waals surface area contributed by atoms with E-state index in [4.69, 9.17) is 26.3 Å². The minimum Gasteiger partial charge on any atom is -0.251 e. The van der Waals surface area contributed by atoms with Gasteiger partial charge in [-0.05, 0) is 93.8 Å². The summed E-state index contributed by atoms with van der Waals surface area (Å²) >= 11 is 0. The molecule has 0 N–H and O–H groups in total. The molecule has 0 aliphatic heterocycles. The Hall–Kier alpha value is -7.88. The van der Waals surface area contributed by atoms with Crippen LogP contribution in [0.2, 0.25) is 0 Å². The fourth-order valence-corrected chi connectivity index (χ4v) is 6.41. The zero-order valence-electron chi connectivity index (χ0n) is 26.3. The molecule has 52 heavy (non-hydrogen) atoms. The largest absolute Gasteiger partial charge is 0.416 e. The van der Waals surface area contributed by atoms with Crippen LogP contribution in [-0.2, 0) is 12.4 Å². The van der Waals surface area contributed by atoms with E-state index in [0.29, 0.717) is 12.1 Å². The van der Waals surface area contributed by atoms with E-state index >= 15 is 0 Å². The van der Waals surface area contributed by atoms with Crippen molar-refractivity contribution in [2.24, 2.45) is 0 Å². The Kier molecular flexibility index (Phi) is 8.54. The second-order valence-electron chi connectivity index (χ2n) is 11.2. The van der Waals surface area contributed by atoms with Crippen LogP contribution in [0, 0.1) is 85.5 Å². The maximum atomic E-state index is 14.3. The minimum absolute atomic E-state index is 0.00562. The van der Waals surface area contributed by atoms with Crippen molar-refractivity contribution in [3.8, 4) is 46.5 Å². The topological polar surface area (TPSA) is 113 Å². The first-order valence-corrected chi connectivity index (χ1v) is 14.3. The van der Waals surface area contributed by atoms with E-state index < -0.39 is 96.4 Å². The number of nitriles is 4. The fourth-order valence-electron chi connectivity index (χ4n) is 6.41. The molecule has 0 atom stereocenters. The maximum absolute atomic E-state index is 14.3. The normalized spacial score (nSPS) is 15.1. The highest BCUT2D eigenvalue weighted by Crippen LogP contribution is 2.60. The second-order valence-corrected chi connectivity index (χ2v) is 11.2. The number of halogens is 6. The van der Waals surface area contributed by atoms with Crippen molar-refractivity contribution in [2.75, 3.05) is 0 Å². The number of hydrogen-bond donors (Lipinski definition) is 0. The maximum Gasteiger partial charge on any atom is 0.416 e. The smallest absolute Gasteiger partial charge is 0.251 e. The average molecular weight is 695 g/mol. The summed E-state index contributed by atoms with van der Waals surface area (Å²) in [5.74, 6) is 0. The van der Waals surface area contributed by atoms with E-state index in [-0.39, 0.29) is 27.8 Å². The van der Waals surface area contributed by atoms with Crippen molar-refractivity contribution >= 4 is 22.4 Å². The Morgan fingerprint density at radius 2 is 0.962 bits per heavy atom. The number of hydrogen-bond acceptors (Lipinski definition) is 4. The SMILES string of the molecule is [C-]#[N+]C1=C([N+]#[C-])c2c(c(-c3cc(C)cc(C(F)(F)F)c3)c3c(c2-c2cc(C)cc(C(F)(F)F)c2)C(C#N)=C(C#N)/C3=C(\C#N)[N+]#[C-])/C1=C(\C#N)[N+]#[C-]. The van der Waals surface area contributed by atoms with E-state index in [0.717, 1.165) is 12.1 Å². The number of allylic oxidation sites excluding steroid dienone is 6. The van der Waals surface area contributed by atoms with E-state index in [2.05, 4.69) is 19.4 Å². The Bertz CT molecular complexity index is 2550. The predicted molar refractivity (Wildman–Crippen MR) is 173 cm³/mol. The Morgan fingerprint density at radius 1 is 0.538 bits per heavy atom. The van der Waals surface area contributed by atoms with E-state index in [1.54, 1.807) is 24.3 Å². The zero-order valence-corrected chi connectivity index (χ0v) is 26.3. The lowest BCUT2D eigenvalue weighted by Crippen LogP contribution is -2.08. The van der Waals surface area contributed by atoms with Gasteiger partial charge in [-0.1, -0.05) is 12.1 Å². The summed E-state index contributed by atoms with van der Waals surface area (Å²) in [6.07, 6.45) is -9.90. The van der Waals surface area contributed by atoms with Crippen molar-refractivity contribution in [3.63, 3.8) is 0 Å². The fraction of sp³-hybridized carbons (Fsp3) is 0.105. The molecule has 0 saturated carbocycles. The number of fused-ring (bicyclic) bond motifs is 2. The summed E-state index contributed by atoms with van der Waals surface area (Å²) in [4.78, 5) is 13.2. The van der Waals surface area contributed by atoms with Crippen molar-refractivity contribution in [2.45, 2.75) is 26.2 Å². The molecule has 3 aromatic rings. The molecule has 0 heterocycles. The van der Waals surface area contributed by atoms with Crippen LogP contribution in [0.15, 0.2) is 59.1 Å². The Labute approximate surface area is 291 Å². The summed E-state index contributed by atoms with van der Waals surface area (Å²) in [5, 5.41) is 41.0. The number of aryl methyl sites for hydroxylation is 2. The lowest BCUT2D eigenvalue weighted by Gasteiger charge is -2.25. The van der Waals surface area contributed by atoms with Crippen molar-refractivity contribution in [1.82, 2.24) is 0 Å². The van der Waals surface area contributed by atoms with E-state index in [1.807, 2.05) is 0 Å². The molecule has 0 amide bonds. The monoisotopic (exact) mass is 694 g/mol. The van der Waals surface area contributed by atoms with Crippen LogP contribution < -0.4 is 0 Å². The van der Waals surface area contributed by atoms with Crippen LogP contribution >= 0.6 is 0 Å². The van der Waals surface area contributed by atoms with Gasteiger partial charge in [0.2, 0.25) is 5.70 Å². The molecule has 246 valence electrons. The summed E-state index contributed by atoms with van der Waals surface area (Å²) in [6, 6.07) is 12.2. The molecule has 14 heteroatoms. The van der Waals surface area contributed by atoms with Gasteiger partial charge in [-0.15, -0.1) is 0 Å². The second kappa shape index (κ2) is 12.5. The van der Waals surface area contributed by atoms with Crippen LogP contribution in [-0.4, -0.2) is 0 Å². The molecule has 0 fully saturated rings. The van der Waals surface area contributed by atoms with Crippen LogP contribution in [0.3, 0.4) is 0 Å². The minimum atomic E-state index is -4.96. The summed E-state index contributed by atoms with van der Waals surface area (Å²) < 4.78 is 85.7. The predicted octanol–water partition coefficient (Wildman–Crippen LogP) is 10.3. The van der Waals surface area contributed by atoms with Gasteiger partial charge in [0, 0.05) is 11.1 Å². The molecular weight excluding hydrogens is 682 g/mol. The first-order chi connectivity index (χ1) is 24.6. The third kappa shape index (κ3) is 5.28. The number of benzene rings is 3. The van der Waals surface area contributed by atoms with Crippen molar-refractivity contribution in [3.05, 3.63) is 149 Å². The van der Waals surface area contributed by atoms with Gasteiger partial charge < -0.3 is 0 Å². The van der Waals surface area contributed by atoms with Crippen LogP contribution in [0.4, 0.5) is 26.3 Å². The average Bonchev–Trinajstić information content (AvgIpc) is 3.59. The van der Waals surface area contributed by atoms with Crippen molar-refractivity contribution < 1.29 is 26.3 Å². The Morgan fingerprint density at radius 3 is 1.35 bits per heavy atom. The molecule has 2 aliphatic rings. The molecule has 0 aromatic heterocycles.